The molecule has 0 aliphatic carbocycles. The van der Waals surface area contributed by atoms with Gasteiger partial charge in [-0.25, -0.2) is 0 Å². The van der Waals surface area contributed by atoms with Gasteiger partial charge in [0.05, 0.1) is 0 Å². The van der Waals surface area contributed by atoms with Crippen LogP contribution in [-0.2, 0) is 0 Å². The lowest BCUT2D eigenvalue weighted by Gasteiger charge is -2.50. The molecular weight excluding hydrogens is 248 g/mol. The molecule has 4 heteroatoms. The van der Waals surface area contributed by atoms with Crippen molar-refractivity contribution in [1.29, 1.82) is 0 Å². The summed E-state index contributed by atoms with van der Waals surface area (Å²) < 4.78 is 0. The third-order valence-electron chi connectivity index (χ3n) is 5.63. The van der Waals surface area contributed by atoms with Gasteiger partial charge in [0.2, 0.25) is 0 Å². The summed E-state index contributed by atoms with van der Waals surface area (Å²) in [5.74, 6) is 0.944. The van der Waals surface area contributed by atoms with E-state index >= 15 is 0 Å². The number of hydrogen-bond donors (Lipinski definition) is 0. The van der Waals surface area contributed by atoms with E-state index in [0.717, 1.165) is 18.0 Å². The van der Waals surface area contributed by atoms with Crippen LogP contribution in [0.2, 0.25) is 0 Å². The smallest absolute Gasteiger partial charge is 0.0354 e. The van der Waals surface area contributed by atoms with E-state index in [4.69, 9.17) is 0 Å². The molecule has 0 amide bonds. The fourth-order valence-corrected chi connectivity index (χ4v) is 4.24. The highest BCUT2D eigenvalue weighted by Crippen LogP contribution is 2.22. The number of nitrogens with zero attached hydrogens (tertiary/aromatic N) is 4. The van der Waals surface area contributed by atoms with E-state index in [1.54, 1.807) is 0 Å². The number of rotatable bonds is 3. The van der Waals surface area contributed by atoms with Crippen molar-refractivity contribution < 1.29 is 0 Å². The van der Waals surface area contributed by atoms with Gasteiger partial charge >= 0.3 is 0 Å². The van der Waals surface area contributed by atoms with Gasteiger partial charge in [0.25, 0.3) is 0 Å². The average Bonchev–Trinajstić information content (AvgIpc) is 2.39. The highest BCUT2D eigenvalue weighted by Gasteiger charge is 2.35. The Labute approximate surface area is 124 Å². The van der Waals surface area contributed by atoms with Crippen molar-refractivity contribution in [2.45, 2.75) is 31.8 Å². The number of likely N-dealkylation sites (N-methyl/N-ethyl adjacent to an activating group) is 1. The largest absolute Gasteiger partial charge is 0.306 e. The van der Waals surface area contributed by atoms with Crippen molar-refractivity contribution in [3.8, 4) is 0 Å². The number of piperidine rings is 1. The standard InChI is InChI=1S/C16H32N4/c1-14-10-19(11-15-4-6-17(2)7-5-15)8-9-20(14)16-12-18(3)13-16/h14-16H,4-13H2,1-3H3. The second kappa shape index (κ2) is 6.30. The fraction of sp³-hybridized carbons (Fsp3) is 1.00. The zero-order chi connectivity index (χ0) is 14.1. The second-order valence-electron chi connectivity index (χ2n) is 7.47. The Morgan fingerprint density at radius 2 is 1.55 bits per heavy atom. The lowest BCUT2D eigenvalue weighted by molar-refractivity contribution is -0.0183. The maximum atomic E-state index is 2.76. The van der Waals surface area contributed by atoms with Gasteiger partial charge in [0, 0.05) is 51.4 Å². The van der Waals surface area contributed by atoms with Crippen molar-refractivity contribution in [1.82, 2.24) is 19.6 Å². The molecule has 3 aliphatic rings. The van der Waals surface area contributed by atoms with Crippen molar-refractivity contribution in [3.63, 3.8) is 0 Å². The molecule has 3 heterocycles. The van der Waals surface area contributed by atoms with E-state index in [1.807, 2.05) is 0 Å². The zero-order valence-corrected chi connectivity index (χ0v) is 13.6. The van der Waals surface area contributed by atoms with Gasteiger partial charge in [0.1, 0.15) is 0 Å². The minimum atomic E-state index is 0.744. The first-order chi connectivity index (χ1) is 9.61. The molecule has 0 aromatic carbocycles. The molecule has 0 spiro atoms. The molecule has 3 saturated heterocycles. The molecule has 116 valence electrons. The van der Waals surface area contributed by atoms with Crippen molar-refractivity contribution in [2.24, 2.45) is 5.92 Å². The summed E-state index contributed by atoms with van der Waals surface area (Å²) in [6, 6.07) is 1.58. The van der Waals surface area contributed by atoms with E-state index in [9.17, 15) is 0 Å². The molecule has 0 bridgehead atoms. The van der Waals surface area contributed by atoms with Crippen molar-refractivity contribution >= 4 is 0 Å². The molecule has 0 radical (unpaired) electrons. The van der Waals surface area contributed by atoms with E-state index in [1.165, 1.54) is 65.2 Å². The van der Waals surface area contributed by atoms with Gasteiger partial charge in [-0.1, -0.05) is 0 Å². The molecule has 20 heavy (non-hydrogen) atoms. The SMILES string of the molecule is CC1CN(CC2CCN(C)CC2)CCN1C1CN(C)C1. The predicted octanol–water partition coefficient (Wildman–Crippen LogP) is 0.648. The van der Waals surface area contributed by atoms with Crippen LogP contribution in [0.1, 0.15) is 19.8 Å². The molecular formula is C16H32N4. The van der Waals surface area contributed by atoms with E-state index in [0.29, 0.717) is 0 Å². The molecule has 3 aliphatic heterocycles. The molecule has 0 aromatic heterocycles. The highest BCUT2D eigenvalue weighted by atomic mass is 15.4. The molecule has 3 fully saturated rings. The van der Waals surface area contributed by atoms with Crippen LogP contribution in [0.5, 0.6) is 0 Å². The van der Waals surface area contributed by atoms with Crippen LogP contribution in [0.25, 0.3) is 0 Å². The summed E-state index contributed by atoms with van der Waals surface area (Å²) in [7, 11) is 4.49. The summed E-state index contributed by atoms with van der Waals surface area (Å²) in [4.78, 5) is 10.4. The Hall–Kier alpha value is -0.160. The molecule has 3 rings (SSSR count). The quantitative estimate of drug-likeness (QED) is 0.752. The molecule has 1 atom stereocenters. The fourth-order valence-electron chi connectivity index (χ4n) is 4.24. The van der Waals surface area contributed by atoms with Crippen molar-refractivity contribution in [3.05, 3.63) is 0 Å². The van der Waals surface area contributed by atoms with Crippen LogP contribution in [-0.4, -0.2) is 98.1 Å². The summed E-state index contributed by atoms with van der Waals surface area (Å²) in [5, 5.41) is 0. The third-order valence-corrected chi connectivity index (χ3v) is 5.63. The lowest BCUT2D eigenvalue weighted by atomic mass is 9.95. The van der Waals surface area contributed by atoms with Crippen LogP contribution < -0.4 is 0 Å². The Bertz CT molecular complexity index is 308. The molecule has 0 N–H and O–H groups in total. The average molecular weight is 280 g/mol. The van der Waals surface area contributed by atoms with Crippen LogP contribution in [0.3, 0.4) is 0 Å². The maximum absolute atomic E-state index is 2.76. The van der Waals surface area contributed by atoms with Crippen LogP contribution in [0.15, 0.2) is 0 Å². The Kier molecular flexibility index (Phi) is 4.65. The monoisotopic (exact) mass is 280 g/mol. The van der Waals surface area contributed by atoms with Crippen LogP contribution in [0.4, 0.5) is 0 Å². The first-order valence-electron chi connectivity index (χ1n) is 8.47. The number of piperazine rings is 1. The number of likely N-dealkylation sites (tertiary alicyclic amines) is 2. The first kappa shape index (κ1) is 14.8. The van der Waals surface area contributed by atoms with Gasteiger partial charge in [-0.2, -0.15) is 0 Å². The van der Waals surface area contributed by atoms with Crippen LogP contribution >= 0.6 is 0 Å². The molecule has 0 saturated carbocycles. The second-order valence-corrected chi connectivity index (χ2v) is 7.47. The van der Waals surface area contributed by atoms with E-state index < -0.39 is 0 Å². The van der Waals surface area contributed by atoms with Crippen molar-refractivity contribution in [2.75, 3.05) is 66.5 Å². The Morgan fingerprint density at radius 1 is 0.850 bits per heavy atom. The first-order valence-corrected chi connectivity index (χ1v) is 8.47. The van der Waals surface area contributed by atoms with Gasteiger partial charge < -0.3 is 14.7 Å². The topological polar surface area (TPSA) is 13.0 Å². The highest BCUT2D eigenvalue weighted by molar-refractivity contribution is 4.92. The molecule has 1 unspecified atom stereocenters. The number of hydrogen-bond acceptors (Lipinski definition) is 4. The summed E-state index contributed by atoms with van der Waals surface area (Å²) in [6.07, 6.45) is 2.80. The minimum Gasteiger partial charge on any atom is -0.306 e. The zero-order valence-electron chi connectivity index (χ0n) is 13.6. The minimum absolute atomic E-state index is 0.744. The Morgan fingerprint density at radius 3 is 2.15 bits per heavy atom. The van der Waals surface area contributed by atoms with Gasteiger partial charge in [0.15, 0.2) is 0 Å². The van der Waals surface area contributed by atoms with E-state index in [-0.39, 0.29) is 0 Å². The van der Waals surface area contributed by atoms with Gasteiger partial charge in [-0.3, -0.25) is 4.90 Å². The van der Waals surface area contributed by atoms with E-state index in [2.05, 4.69) is 40.6 Å². The maximum Gasteiger partial charge on any atom is 0.0354 e. The summed E-state index contributed by atoms with van der Waals surface area (Å²) >= 11 is 0. The molecule has 0 aromatic rings. The van der Waals surface area contributed by atoms with Gasteiger partial charge in [-0.05, 0) is 52.9 Å². The normalized spacial score (nSPS) is 33.5. The predicted molar refractivity (Wildman–Crippen MR) is 84.1 cm³/mol. The summed E-state index contributed by atoms with van der Waals surface area (Å²) in [5.41, 5.74) is 0. The van der Waals surface area contributed by atoms with Gasteiger partial charge in [-0.15, -0.1) is 0 Å². The molecule has 4 nitrogen and oxygen atoms in total. The lowest BCUT2D eigenvalue weighted by Crippen LogP contribution is -2.65. The third kappa shape index (κ3) is 3.35. The Balaban J connectivity index is 1.42. The summed E-state index contributed by atoms with van der Waals surface area (Å²) in [6.45, 7) is 12.8. The van der Waals surface area contributed by atoms with Crippen LogP contribution in [0, 0.1) is 5.92 Å².